The van der Waals surface area contributed by atoms with Crippen LogP contribution in [0.5, 0.6) is 0 Å². The molecule has 33 heavy (non-hydrogen) atoms. The van der Waals surface area contributed by atoms with Gasteiger partial charge in [0.2, 0.25) is 5.91 Å². The van der Waals surface area contributed by atoms with Crippen molar-refractivity contribution in [2.45, 2.75) is 32.3 Å². The van der Waals surface area contributed by atoms with Gasteiger partial charge in [-0.15, -0.1) is 0 Å². The third-order valence-corrected chi connectivity index (χ3v) is 6.15. The Morgan fingerprint density at radius 3 is 2.85 bits per heavy atom. The second-order valence-electron chi connectivity index (χ2n) is 8.36. The highest BCUT2D eigenvalue weighted by Crippen LogP contribution is 2.38. The van der Waals surface area contributed by atoms with Gasteiger partial charge in [-0.2, -0.15) is 10.4 Å². The van der Waals surface area contributed by atoms with Crippen molar-refractivity contribution in [2.75, 3.05) is 18.0 Å². The number of nitrogens with one attached hydrogen (secondary N) is 2. The van der Waals surface area contributed by atoms with E-state index in [-0.39, 0.29) is 12.0 Å². The number of aromatic nitrogens is 2. The minimum absolute atomic E-state index is 0.148. The van der Waals surface area contributed by atoms with Crippen molar-refractivity contribution in [3.8, 4) is 28.6 Å². The zero-order chi connectivity index (χ0) is 22.9. The number of H-pyrrole nitrogens is 1. The van der Waals surface area contributed by atoms with Crippen molar-refractivity contribution in [3.63, 3.8) is 0 Å². The maximum absolute atomic E-state index is 12.4. The third kappa shape index (κ3) is 3.94. The average molecular weight is 441 g/mol. The van der Waals surface area contributed by atoms with Crippen LogP contribution in [-0.2, 0) is 22.4 Å². The second kappa shape index (κ2) is 8.43. The van der Waals surface area contributed by atoms with Gasteiger partial charge >= 0.3 is 6.09 Å². The summed E-state index contributed by atoms with van der Waals surface area (Å²) in [5.74, 6) is -0.148. The summed E-state index contributed by atoms with van der Waals surface area (Å²) in [5.41, 5.74) is 7.72. The van der Waals surface area contributed by atoms with Gasteiger partial charge in [0.15, 0.2) is 0 Å². The summed E-state index contributed by atoms with van der Waals surface area (Å²) in [7, 11) is 0. The first-order valence-electron chi connectivity index (χ1n) is 11.0. The molecule has 5 rings (SSSR count). The molecular formula is C25H23N5O3. The van der Waals surface area contributed by atoms with E-state index in [9.17, 15) is 9.59 Å². The number of ether oxygens (including phenoxy) is 1. The molecule has 0 radical (unpaired) electrons. The summed E-state index contributed by atoms with van der Waals surface area (Å²) >= 11 is 0. The number of aromatic amines is 1. The molecule has 0 saturated carbocycles. The molecule has 1 fully saturated rings. The Labute approximate surface area is 191 Å². The lowest BCUT2D eigenvalue weighted by molar-refractivity contribution is -0.119. The van der Waals surface area contributed by atoms with Crippen LogP contribution in [0.2, 0.25) is 0 Å². The van der Waals surface area contributed by atoms with E-state index in [2.05, 4.69) is 27.6 Å². The fourth-order valence-corrected chi connectivity index (χ4v) is 4.52. The van der Waals surface area contributed by atoms with Crippen LogP contribution in [0.3, 0.4) is 0 Å². The lowest BCUT2D eigenvalue weighted by atomic mass is 9.99. The van der Waals surface area contributed by atoms with E-state index >= 15 is 0 Å². The van der Waals surface area contributed by atoms with Crippen LogP contribution in [-0.4, -0.2) is 41.4 Å². The molecule has 2 aromatic carbocycles. The zero-order valence-electron chi connectivity index (χ0n) is 18.2. The zero-order valence-corrected chi connectivity index (χ0v) is 18.2. The number of cyclic esters (lactones) is 1. The monoisotopic (exact) mass is 441 g/mol. The molecule has 1 aliphatic carbocycles. The molecule has 0 unspecified atom stereocenters. The molecule has 1 atom stereocenters. The van der Waals surface area contributed by atoms with Gasteiger partial charge in [0.1, 0.15) is 6.10 Å². The molecule has 0 spiro atoms. The Morgan fingerprint density at radius 2 is 2.09 bits per heavy atom. The lowest BCUT2D eigenvalue weighted by Crippen LogP contribution is -2.33. The number of rotatable bonds is 4. The normalized spacial score (nSPS) is 16.9. The van der Waals surface area contributed by atoms with Gasteiger partial charge in [0.05, 0.1) is 36.1 Å². The first-order valence-corrected chi connectivity index (χ1v) is 11.0. The predicted molar refractivity (Wildman–Crippen MR) is 122 cm³/mol. The Morgan fingerprint density at radius 1 is 1.27 bits per heavy atom. The fraction of sp³-hybridized carbons (Fsp3) is 0.280. The number of amides is 2. The van der Waals surface area contributed by atoms with Crippen molar-refractivity contribution >= 4 is 17.7 Å². The van der Waals surface area contributed by atoms with Gasteiger partial charge in [-0.25, -0.2) is 4.79 Å². The Bertz CT molecular complexity index is 1270. The van der Waals surface area contributed by atoms with Crippen molar-refractivity contribution in [3.05, 3.63) is 59.2 Å². The molecule has 1 aliphatic heterocycles. The molecule has 166 valence electrons. The maximum atomic E-state index is 12.4. The summed E-state index contributed by atoms with van der Waals surface area (Å²) in [6, 6.07) is 15.6. The molecule has 2 N–H and O–H groups in total. The van der Waals surface area contributed by atoms with Crippen molar-refractivity contribution in [1.82, 2.24) is 15.5 Å². The molecule has 3 aromatic rings. The Balaban J connectivity index is 1.43. The van der Waals surface area contributed by atoms with E-state index in [0.717, 1.165) is 53.0 Å². The molecule has 2 heterocycles. The van der Waals surface area contributed by atoms with E-state index in [1.54, 1.807) is 4.90 Å². The number of carbonyl (C=O) groups excluding carboxylic acids is 2. The number of anilines is 1. The van der Waals surface area contributed by atoms with Gasteiger partial charge in [-0.05, 0) is 49.1 Å². The molecule has 0 bridgehead atoms. The van der Waals surface area contributed by atoms with Crippen molar-refractivity contribution in [1.29, 1.82) is 5.26 Å². The van der Waals surface area contributed by atoms with E-state index in [1.165, 1.54) is 12.5 Å². The molecule has 8 heteroatoms. The maximum Gasteiger partial charge on any atom is 0.414 e. The van der Waals surface area contributed by atoms with E-state index in [4.69, 9.17) is 10.00 Å². The number of benzene rings is 2. The van der Waals surface area contributed by atoms with E-state index in [1.807, 2.05) is 36.4 Å². The Kier molecular flexibility index (Phi) is 5.31. The minimum atomic E-state index is -0.399. The largest absolute Gasteiger partial charge is 0.442 e. The average Bonchev–Trinajstić information content (AvgIpc) is 3.36. The number of hydrogen-bond acceptors (Lipinski definition) is 5. The highest BCUT2D eigenvalue weighted by Gasteiger charge is 2.33. The van der Waals surface area contributed by atoms with Crippen LogP contribution in [0.4, 0.5) is 10.5 Å². The number of fused-ring (bicyclic) bond motifs is 3. The smallest absolute Gasteiger partial charge is 0.414 e. The summed E-state index contributed by atoms with van der Waals surface area (Å²) in [4.78, 5) is 25.2. The van der Waals surface area contributed by atoms with Gasteiger partial charge in [0.25, 0.3) is 0 Å². The van der Waals surface area contributed by atoms with Crippen LogP contribution in [0, 0.1) is 11.3 Å². The van der Waals surface area contributed by atoms with Gasteiger partial charge in [-0.1, -0.05) is 18.2 Å². The second-order valence-corrected chi connectivity index (χ2v) is 8.36. The molecule has 1 aromatic heterocycles. The van der Waals surface area contributed by atoms with Crippen LogP contribution in [0.25, 0.3) is 22.5 Å². The number of carbonyl (C=O) groups is 2. The number of hydrogen-bond donors (Lipinski definition) is 2. The van der Waals surface area contributed by atoms with Crippen LogP contribution in [0.15, 0.2) is 42.5 Å². The predicted octanol–water partition coefficient (Wildman–Crippen LogP) is 3.57. The topological polar surface area (TPSA) is 111 Å². The number of nitriles is 1. The van der Waals surface area contributed by atoms with Crippen LogP contribution in [0.1, 0.15) is 30.0 Å². The summed E-state index contributed by atoms with van der Waals surface area (Å²) in [6.45, 7) is 2.14. The summed E-state index contributed by atoms with van der Waals surface area (Å²) < 4.78 is 5.41. The fourth-order valence-electron chi connectivity index (χ4n) is 4.52. The van der Waals surface area contributed by atoms with Gasteiger partial charge < -0.3 is 10.1 Å². The molecular weight excluding hydrogens is 418 g/mol. The molecule has 8 nitrogen and oxygen atoms in total. The standard InChI is InChI=1S/C25H23N5O3/c1-15(31)27-13-20-14-30(25(32)33-20)19-9-10-21-18(11-19)3-2-4-22-23(28-29-24(21)22)17-7-5-16(12-26)6-8-17/h5-11,20H,2-4,13-14H2,1H3,(H,27,31)(H,28,29)/t20-/m0/s1. The lowest BCUT2D eigenvalue weighted by Gasteiger charge is -2.16. The minimum Gasteiger partial charge on any atom is -0.442 e. The summed E-state index contributed by atoms with van der Waals surface area (Å²) in [6.07, 6.45) is 1.97. The Hall–Kier alpha value is -4.12. The number of nitrogens with zero attached hydrogens (tertiary/aromatic N) is 3. The highest BCUT2D eigenvalue weighted by molar-refractivity contribution is 5.91. The first kappa shape index (κ1) is 20.8. The highest BCUT2D eigenvalue weighted by atomic mass is 16.6. The summed E-state index contributed by atoms with van der Waals surface area (Å²) in [5, 5.41) is 19.6. The van der Waals surface area contributed by atoms with Crippen molar-refractivity contribution in [2.24, 2.45) is 0 Å². The van der Waals surface area contributed by atoms with Crippen LogP contribution < -0.4 is 10.2 Å². The van der Waals surface area contributed by atoms with E-state index in [0.29, 0.717) is 18.7 Å². The van der Waals surface area contributed by atoms with Gasteiger partial charge in [-0.3, -0.25) is 14.8 Å². The SMILES string of the molecule is CC(=O)NC[C@H]1CN(c2ccc3c(c2)CCCc2c(-c4ccc(C#N)cc4)n[nH]c2-3)C(=O)O1. The van der Waals surface area contributed by atoms with Crippen LogP contribution >= 0.6 is 0 Å². The van der Waals surface area contributed by atoms with Crippen molar-refractivity contribution < 1.29 is 14.3 Å². The molecule has 2 amide bonds. The number of aryl methyl sites for hydroxylation is 1. The van der Waals surface area contributed by atoms with E-state index < -0.39 is 6.09 Å². The third-order valence-electron chi connectivity index (χ3n) is 6.15. The molecule has 1 saturated heterocycles. The molecule has 2 aliphatic rings. The first-order chi connectivity index (χ1) is 16.0. The van der Waals surface area contributed by atoms with Gasteiger partial charge in [0, 0.05) is 29.3 Å². The quantitative estimate of drug-likeness (QED) is 0.643.